The van der Waals surface area contributed by atoms with Crippen LogP contribution in [-0.2, 0) is 0 Å². The van der Waals surface area contributed by atoms with Gasteiger partial charge in [-0.1, -0.05) is 0 Å². The number of halogens is 1. The summed E-state index contributed by atoms with van der Waals surface area (Å²) >= 11 is 3.15. The predicted octanol–water partition coefficient (Wildman–Crippen LogP) is 2.56. The molecule has 1 aromatic rings. The van der Waals surface area contributed by atoms with E-state index in [0.29, 0.717) is 11.2 Å². The average molecular weight is 283 g/mol. The molecule has 1 aromatic heterocycles. The number of nitrogens with zero attached hydrogens (tertiary/aromatic N) is 2. The molecule has 1 aliphatic heterocycles. The van der Waals surface area contributed by atoms with Crippen molar-refractivity contribution in [1.29, 1.82) is 5.26 Å². The SMILES string of the molecule is N#CC1CCCCN1C(=O)c1ccc(Br)o1. The van der Waals surface area contributed by atoms with Crippen LogP contribution in [-0.4, -0.2) is 23.4 Å². The molecule has 0 radical (unpaired) electrons. The first-order chi connectivity index (χ1) is 7.72. The van der Waals surface area contributed by atoms with Gasteiger partial charge in [0.15, 0.2) is 10.4 Å². The molecule has 2 rings (SSSR count). The van der Waals surface area contributed by atoms with Gasteiger partial charge in [-0.05, 0) is 47.3 Å². The number of amides is 1. The standard InChI is InChI=1S/C11H11BrN2O2/c12-10-5-4-9(16-10)11(15)14-6-2-1-3-8(14)7-13/h4-5,8H,1-3,6H2. The number of furan rings is 1. The van der Waals surface area contributed by atoms with E-state index in [1.165, 1.54) is 0 Å². The minimum atomic E-state index is -0.315. The maximum Gasteiger partial charge on any atom is 0.290 e. The molecule has 2 heterocycles. The Balaban J connectivity index is 2.17. The number of carbonyl (C=O) groups is 1. The van der Waals surface area contributed by atoms with E-state index >= 15 is 0 Å². The molecule has 1 unspecified atom stereocenters. The minimum Gasteiger partial charge on any atom is -0.444 e. The van der Waals surface area contributed by atoms with Crippen molar-refractivity contribution < 1.29 is 9.21 Å². The molecule has 0 bridgehead atoms. The molecule has 0 aromatic carbocycles. The van der Waals surface area contributed by atoms with Gasteiger partial charge in [-0.2, -0.15) is 5.26 Å². The Kier molecular flexibility index (Phi) is 3.30. The summed E-state index contributed by atoms with van der Waals surface area (Å²) in [5.41, 5.74) is 0. The van der Waals surface area contributed by atoms with Crippen molar-refractivity contribution in [3.8, 4) is 6.07 Å². The van der Waals surface area contributed by atoms with Crippen LogP contribution in [0.4, 0.5) is 0 Å². The Hall–Kier alpha value is -1.28. The second-order valence-corrected chi connectivity index (χ2v) is 4.52. The van der Waals surface area contributed by atoms with E-state index in [1.54, 1.807) is 17.0 Å². The van der Waals surface area contributed by atoms with Crippen molar-refractivity contribution in [3.63, 3.8) is 0 Å². The lowest BCUT2D eigenvalue weighted by Crippen LogP contribution is -2.42. The third kappa shape index (κ3) is 2.12. The van der Waals surface area contributed by atoms with Crippen LogP contribution in [0.3, 0.4) is 0 Å². The van der Waals surface area contributed by atoms with E-state index in [1.807, 2.05) is 0 Å². The highest BCUT2D eigenvalue weighted by Gasteiger charge is 2.28. The number of nitriles is 1. The maximum absolute atomic E-state index is 12.0. The molecule has 1 aliphatic rings. The average Bonchev–Trinajstić information content (AvgIpc) is 2.75. The predicted molar refractivity (Wildman–Crippen MR) is 60.7 cm³/mol. The van der Waals surface area contributed by atoms with Crippen LogP contribution in [0.25, 0.3) is 0 Å². The fourth-order valence-corrected chi connectivity index (χ4v) is 2.19. The number of hydrogen-bond donors (Lipinski definition) is 0. The van der Waals surface area contributed by atoms with Crippen LogP contribution in [0.5, 0.6) is 0 Å². The Morgan fingerprint density at radius 2 is 2.38 bits per heavy atom. The molecule has 1 atom stereocenters. The number of piperidine rings is 1. The molecule has 0 N–H and O–H groups in total. The normalized spacial score (nSPS) is 20.5. The zero-order chi connectivity index (χ0) is 11.5. The van der Waals surface area contributed by atoms with E-state index < -0.39 is 0 Å². The van der Waals surface area contributed by atoms with Crippen LogP contribution in [0, 0.1) is 11.3 Å². The van der Waals surface area contributed by atoms with Crippen molar-refractivity contribution in [3.05, 3.63) is 22.6 Å². The lowest BCUT2D eigenvalue weighted by atomic mass is 10.0. The van der Waals surface area contributed by atoms with Gasteiger partial charge in [0.1, 0.15) is 6.04 Å². The van der Waals surface area contributed by atoms with Crippen LogP contribution in [0.15, 0.2) is 21.2 Å². The van der Waals surface area contributed by atoms with Gasteiger partial charge in [-0.3, -0.25) is 4.79 Å². The highest BCUT2D eigenvalue weighted by atomic mass is 79.9. The highest BCUT2D eigenvalue weighted by molar-refractivity contribution is 9.10. The molecule has 0 saturated carbocycles. The molecule has 0 aliphatic carbocycles. The lowest BCUT2D eigenvalue weighted by molar-refractivity contribution is 0.0636. The number of hydrogen-bond acceptors (Lipinski definition) is 3. The summed E-state index contributed by atoms with van der Waals surface area (Å²) in [6.07, 6.45) is 2.71. The third-order valence-corrected chi connectivity index (χ3v) is 3.12. The smallest absolute Gasteiger partial charge is 0.290 e. The van der Waals surface area contributed by atoms with E-state index in [4.69, 9.17) is 9.68 Å². The van der Waals surface area contributed by atoms with Gasteiger partial charge in [-0.15, -0.1) is 0 Å². The minimum absolute atomic E-state index is 0.197. The molecule has 1 amide bonds. The second-order valence-electron chi connectivity index (χ2n) is 3.74. The van der Waals surface area contributed by atoms with E-state index in [2.05, 4.69) is 22.0 Å². The summed E-state index contributed by atoms with van der Waals surface area (Å²) < 4.78 is 5.74. The van der Waals surface area contributed by atoms with Crippen molar-refractivity contribution >= 4 is 21.8 Å². The van der Waals surface area contributed by atoms with E-state index in [-0.39, 0.29) is 17.7 Å². The van der Waals surface area contributed by atoms with Crippen LogP contribution < -0.4 is 0 Å². The van der Waals surface area contributed by atoms with Crippen LogP contribution in [0.1, 0.15) is 29.8 Å². The molecule has 4 nitrogen and oxygen atoms in total. The van der Waals surface area contributed by atoms with Gasteiger partial charge in [-0.25, -0.2) is 0 Å². The Morgan fingerprint density at radius 1 is 1.56 bits per heavy atom. The molecule has 84 valence electrons. The van der Waals surface area contributed by atoms with Gasteiger partial charge in [0.25, 0.3) is 5.91 Å². The van der Waals surface area contributed by atoms with Gasteiger partial charge in [0.05, 0.1) is 6.07 Å². The third-order valence-electron chi connectivity index (χ3n) is 2.70. The Morgan fingerprint density at radius 3 is 3.00 bits per heavy atom. The molecule has 1 fully saturated rings. The summed E-state index contributed by atoms with van der Waals surface area (Å²) in [6.45, 7) is 0.634. The number of likely N-dealkylation sites (tertiary alicyclic amines) is 1. The molecule has 16 heavy (non-hydrogen) atoms. The fraction of sp³-hybridized carbons (Fsp3) is 0.455. The van der Waals surface area contributed by atoms with Crippen molar-refractivity contribution in [2.75, 3.05) is 6.54 Å². The van der Waals surface area contributed by atoms with Crippen LogP contribution >= 0.6 is 15.9 Å². The van der Waals surface area contributed by atoms with Crippen LogP contribution in [0.2, 0.25) is 0 Å². The quantitative estimate of drug-likeness (QED) is 0.795. The van der Waals surface area contributed by atoms with Gasteiger partial charge >= 0.3 is 0 Å². The molecule has 5 heteroatoms. The first-order valence-electron chi connectivity index (χ1n) is 5.18. The lowest BCUT2D eigenvalue weighted by Gasteiger charge is -2.30. The summed E-state index contributed by atoms with van der Waals surface area (Å²) in [5, 5.41) is 8.98. The van der Waals surface area contributed by atoms with Gasteiger partial charge in [0, 0.05) is 6.54 Å². The maximum atomic E-state index is 12.0. The fourth-order valence-electron chi connectivity index (χ4n) is 1.88. The van der Waals surface area contributed by atoms with Gasteiger partial charge in [0.2, 0.25) is 0 Å². The molecular weight excluding hydrogens is 272 g/mol. The summed E-state index contributed by atoms with van der Waals surface area (Å²) in [7, 11) is 0. The molecule has 1 saturated heterocycles. The molecular formula is C11H11BrN2O2. The van der Waals surface area contributed by atoms with Crippen molar-refractivity contribution in [1.82, 2.24) is 4.90 Å². The summed E-state index contributed by atoms with van der Waals surface area (Å²) in [6, 6.07) is 5.15. The van der Waals surface area contributed by atoms with E-state index in [9.17, 15) is 4.79 Å². The van der Waals surface area contributed by atoms with Crippen molar-refractivity contribution in [2.45, 2.75) is 25.3 Å². The monoisotopic (exact) mass is 282 g/mol. The second kappa shape index (κ2) is 4.71. The number of carbonyl (C=O) groups excluding carboxylic acids is 1. The first kappa shape index (κ1) is 11.2. The molecule has 0 spiro atoms. The zero-order valence-electron chi connectivity index (χ0n) is 8.65. The largest absolute Gasteiger partial charge is 0.444 e. The summed E-state index contributed by atoms with van der Waals surface area (Å²) in [5.74, 6) is 0.0889. The van der Waals surface area contributed by atoms with Gasteiger partial charge < -0.3 is 9.32 Å². The Bertz CT molecular complexity index is 435. The topological polar surface area (TPSA) is 57.2 Å². The summed E-state index contributed by atoms with van der Waals surface area (Å²) in [4.78, 5) is 13.6. The number of rotatable bonds is 1. The first-order valence-corrected chi connectivity index (χ1v) is 5.97. The highest BCUT2D eigenvalue weighted by Crippen LogP contribution is 2.21. The van der Waals surface area contributed by atoms with E-state index in [0.717, 1.165) is 19.3 Å². The van der Waals surface area contributed by atoms with Crippen molar-refractivity contribution in [2.24, 2.45) is 0 Å². The zero-order valence-corrected chi connectivity index (χ0v) is 10.2. The Labute approximate surface area is 102 Å².